The maximum atomic E-state index is 10.7. The number of hydrogen-bond acceptors (Lipinski definition) is 4. The summed E-state index contributed by atoms with van der Waals surface area (Å²) in [7, 11) is 0. The molecule has 0 aromatic heterocycles. The molecule has 0 aliphatic carbocycles. The maximum absolute atomic E-state index is 10.7. The van der Waals surface area contributed by atoms with Crippen LogP contribution in [-0.2, 0) is 28.1 Å². The van der Waals surface area contributed by atoms with Gasteiger partial charge in [-0.2, -0.15) is 0 Å². The first-order chi connectivity index (χ1) is 15.7. The minimum Gasteiger partial charge on any atom is -0.507 e. The topological polar surface area (TPSA) is 92.5 Å². The molecule has 36 heavy (non-hydrogen) atoms. The molecule has 0 saturated carbocycles. The van der Waals surface area contributed by atoms with Crippen LogP contribution >= 0.6 is 0 Å². The molecule has 0 heterocycles. The van der Waals surface area contributed by atoms with Crippen molar-refractivity contribution in [1.82, 2.24) is 0 Å². The van der Waals surface area contributed by atoms with E-state index in [4.69, 9.17) is 11.5 Å². The fourth-order valence-electron chi connectivity index (χ4n) is 4.27. The fraction of sp³-hybridized carbons (Fsp3) is 0.625. The van der Waals surface area contributed by atoms with Gasteiger partial charge in [-0.25, -0.2) is 0 Å². The third-order valence-corrected chi connectivity index (χ3v) is 6.19. The van der Waals surface area contributed by atoms with E-state index in [1.807, 2.05) is 26.0 Å². The van der Waals surface area contributed by atoms with E-state index in [-0.39, 0.29) is 27.2 Å². The summed E-state index contributed by atoms with van der Waals surface area (Å²) in [4.78, 5) is 0. The summed E-state index contributed by atoms with van der Waals surface area (Å²) in [6, 6.07) is 7.95. The van der Waals surface area contributed by atoms with E-state index in [0.717, 1.165) is 28.7 Å². The second-order valence-corrected chi connectivity index (χ2v) is 15.2. The standard InChI is InChI=1S/C18H31NO.C14H23NO/c1-16(2,3)13-9-12(11-18(7,8)19)10-14(15(13)20)17(4,5)6;1-13(2,3)10-7-9(15)8-11(12(10)16)14(4,5)6/h9-10,20H,11,19H2,1-8H3;7-8,16H,15H2,1-6H3. The summed E-state index contributed by atoms with van der Waals surface area (Å²) in [6.07, 6.45) is 0.805. The zero-order valence-corrected chi connectivity index (χ0v) is 25.6. The van der Waals surface area contributed by atoms with E-state index in [1.165, 1.54) is 5.56 Å². The van der Waals surface area contributed by atoms with Crippen molar-refractivity contribution < 1.29 is 10.2 Å². The minimum atomic E-state index is -0.249. The number of phenols is 2. The average Bonchev–Trinajstić information content (AvgIpc) is 2.60. The Hall–Kier alpha value is -2.20. The minimum absolute atomic E-state index is 0.0845. The summed E-state index contributed by atoms with van der Waals surface area (Å²) < 4.78 is 0. The third-order valence-electron chi connectivity index (χ3n) is 6.19. The highest BCUT2D eigenvalue weighted by molar-refractivity contribution is 5.57. The molecular weight excluding hydrogens is 444 g/mol. The van der Waals surface area contributed by atoms with Crippen LogP contribution in [-0.4, -0.2) is 15.8 Å². The summed E-state index contributed by atoms with van der Waals surface area (Å²) in [5, 5.41) is 21.0. The summed E-state index contributed by atoms with van der Waals surface area (Å²) >= 11 is 0. The van der Waals surface area contributed by atoms with Crippen molar-refractivity contribution >= 4 is 5.69 Å². The zero-order valence-electron chi connectivity index (χ0n) is 25.6. The summed E-state index contributed by atoms with van der Waals surface area (Å²) in [5.41, 5.74) is 17.2. The van der Waals surface area contributed by atoms with Crippen LogP contribution in [0, 0.1) is 0 Å². The van der Waals surface area contributed by atoms with Gasteiger partial charge in [-0.1, -0.05) is 95.2 Å². The van der Waals surface area contributed by atoms with Crippen LogP contribution in [0.5, 0.6) is 11.5 Å². The molecule has 0 aliphatic rings. The molecule has 204 valence electrons. The van der Waals surface area contributed by atoms with Crippen LogP contribution < -0.4 is 11.5 Å². The Balaban J connectivity index is 0.000000369. The lowest BCUT2D eigenvalue weighted by Crippen LogP contribution is -2.34. The van der Waals surface area contributed by atoms with Crippen LogP contribution in [0.4, 0.5) is 5.69 Å². The van der Waals surface area contributed by atoms with Gasteiger partial charge < -0.3 is 21.7 Å². The summed E-state index contributed by atoms with van der Waals surface area (Å²) in [5.74, 6) is 0.817. The van der Waals surface area contributed by atoms with Gasteiger partial charge in [0.2, 0.25) is 0 Å². The van der Waals surface area contributed by atoms with Gasteiger partial charge in [0.15, 0.2) is 0 Å². The van der Waals surface area contributed by atoms with Gasteiger partial charge in [-0.15, -0.1) is 0 Å². The molecule has 6 N–H and O–H groups in total. The first kappa shape index (κ1) is 31.8. The van der Waals surface area contributed by atoms with Crippen molar-refractivity contribution in [3.05, 3.63) is 52.1 Å². The molecule has 0 atom stereocenters. The Kier molecular flexibility index (Phi) is 9.09. The molecule has 0 amide bonds. The second kappa shape index (κ2) is 10.3. The molecule has 2 aromatic rings. The molecule has 2 aromatic carbocycles. The van der Waals surface area contributed by atoms with Crippen LogP contribution in [0.15, 0.2) is 24.3 Å². The van der Waals surface area contributed by atoms with Crippen molar-refractivity contribution in [2.24, 2.45) is 5.73 Å². The number of anilines is 1. The van der Waals surface area contributed by atoms with Crippen molar-refractivity contribution in [3.63, 3.8) is 0 Å². The quantitative estimate of drug-likeness (QED) is 0.251. The largest absolute Gasteiger partial charge is 0.507 e. The number of rotatable bonds is 2. The van der Waals surface area contributed by atoms with Gasteiger partial charge in [0.25, 0.3) is 0 Å². The van der Waals surface area contributed by atoms with Gasteiger partial charge >= 0.3 is 0 Å². The Morgan fingerprint density at radius 2 is 0.778 bits per heavy atom. The van der Waals surface area contributed by atoms with Crippen molar-refractivity contribution in [3.8, 4) is 11.5 Å². The van der Waals surface area contributed by atoms with Crippen LogP contribution in [0.3, 0.4) is 0 Å². The van der Waals surface area contributed by atoms with E-state index >= 15 is 0 Å². The Morgan fingerprint density at radius 1 is 0.528 bits per heavy atom. The number of benzene rings is 2. The van der Waals surface area contributed by atoms with Crippen LogP contribution in [0.25, 0.3) is 0 Å². The van der Waals surface area contributed by atoms with Gasteiger partial charge in [-0.3, -0.25) is 0 Å². The monoisotopic (exact) mass is 498 g/mol. The summed E-state index contributed by atoms with van der Waals surface area (Å²) in [6.45, 7) is 29.3. The second-order valence-electron chi connectivity index (χ2n) is 15.2. The van der Waals surface area contributed by atoms with Crippen LogP contribution in [0.1, 0.15) is 125 Å². The van der Waals surface area contributed by atoms with Gasteiger partial charge in [0, 0.05) is 22.4 Å². The average molecular weight is 499 g/mol. The molecule has 4 heteroatoms. The third kappa shape index (κ3) is 8.73. The highest BCUT2D eigenvalue weighted by atomic mass is 16.3. The molecule has 0 bridgehead atoms. The molecule has 0 unspecified atom stereocenters. The lowest BCUT2D eigenvalue weighted by molar-refractivity contribution is 0.421. The van der Waals surface area contributed by atoms with Crippen molar-refractivity contribution in [1.29, 1.82) is 0 Å². The predicted octanol–water partition coefficient (Wildman–Crippen LogP) is 7.84. The number of nitrogen functional groups attached to an aromatic ring is 1. The van der Waals surface area contributed by atoms with Gasteiger partial charge in [0.05, 0.1) is 0 Å². The van der Waals surface area contributed by atoms with Gasteiger partial charge in [0.1, 0.15) is 11.5 Å². The Labute approximate surface area is 221 Å². The van der Waals surface area contributed by atoms with E-state index in [0.29, 0.717) is 17.2 Å². The number of hydrogen-bond donors (Lipinski definition) is 4. The zero-order chi connectivity index (χ0) is 28.7. The van der Waals surface area contributed by atoms with E-state index in [1.54, 1.807) is 0 Å². The Bertz CT molecular complexity index is 978. The molecular formula is C32H54N2O2. The molecule has 4 nitrogen and oxygen atoms in total. The first-order valence-corrected chi connectivity index (χ1v) is 13.0. The number of phenolic OH excluding ortho intramolecular Hbond substituents is 2. The maximum Gasteiger partial charge on any atom is 0.123 e. The van der Waals surface area contributed by atoms with E-state index < -0.39 is 0 Å². The Morgan fingerprint density at radius 3 is 1.00 bits per heavy atom. The van der Waals surface area contributed by atoms with Crippen molar-refractivity contribution in [2.75, 3.05) is 5.73 Å². The molecule has 0 radical (unpaired) electrons. The molecule has 0 fully saturated rings. The first-order valence-electron chi connectivity index (χ1n) is 13.0. The lowest BCUT2D eigenvalue weighted by atomic mass is 9.77. The number of aromatic hydroxyl groups is 2. The van der Waals surface area contributed by atoms with E-state index in [2.05, 4.69) is 95.2 Å². The fourth-order valence-corrected chi connectivity index (χ4v) is 4.27. The highest BCUT2D eigenvalue weighted by Gasteiger charge is 2.28. The molecule has 2 rings (SSSR count). The van der Waals surface area contributed by atoms with Crippen LogP contribution in [0.2, 0.25) is 0 Å². The molecule has 0 aliphatic heterocycles. The van der Waals surface area contributed by atoms with Crippen molar-refractivity contribution in [2.45, 2.75) is 131 Å². The van der Waals surface area contributed by atoms with E-state index in [9.17, 15) is 10.2 Å². The number of nitrogens with two attached hydrogens (primary N) is 2. The predicted molar refractivity (Wildman–Crippen MR) is 157 cm³/mol. The highest BCUT2D eigenvalue weighted by Crippen LogP contribution is 2.41. The smallest absolute Gasteiger partial charge is 0.123 e. The molecule has 0 spiro atoms. The lowest BCUT2D eigenvalue weighted by Gasteiger charge is -2.29. The normalized spacial score (nSPS) is 13.3. The SMILES string of the molecule is CC(C)(C)c1cc(N)cc(C(C)(C)C)c1O.CC(C)(N)Cc1cc(C(C)(C)C)c(O)c(C(C)(C)C)c1. The molecule has 0 saturated heterocycles. The van der Waals surface area contributed by atoms with Gasteiger partial charge in [-0.05, 0) is 70.8 Å².